The zero-order chi connectivity index (χ0) is 17.4. The third-order valence-electron chi connectivity index (χ3n) is 4.06. The molecule has 1 aliphatic rings. The number of esters is 1. The van der Waals surface area contributed by atoms with Gasteiger partial charge in [0, 0.05) is 0 Å². The molecule has 2 rings (SSSR count). The summed E-state index contributed by atoms with van der Waals surface area (Å²) in [5.74, 6) is -1.10. The summed E-state index contributed by atoms with van der Waals surface area (Å²) in [5.41, 5.74) is 0.962. The lowest BCUT2D eigenvalue weighted by molar-refractivity contribution is -0.153. The van der Waals surface area contributed by atoms with Crippen molar-refractivity contribution in [3.63, 3.8) is 0 Å². The van der Waals surface area contributed by atoms with E-state index in [2.05, 4.69) is 5.32 Å². The van der Waals surface area contributed by atoms with Crippen molar-refractivity contribution in [3.05, 3.63) is 48.0 Å². The highest BCUT2D eigenvalue weighted by atomic mass is 16.5. The van der Waals surface area contributed by atoms with Crippen LogP contribution < -0.4 is 5.32 Å². The van der Waals surface area contributed by atoms with Crippen molar-refractivity contribution in [1.29, 1.82) is 0 Å². The molecule has 0 unspecified atom stereocenters. The second-order valence-electron chi connectivity index (χ2n) is 6.01. The van der Waals surface area contributed by atoms with Crippen molar-refractivity contribution in [1.82, 2.24) is 5.32 Å². The molecule has 24 heavy (non-hydrogen) atoms. The number of carbonyl (C=O) groups excluding carboxylic acids is 3. The Bertz CT molecular complexity index is 609. The van der Waals surface area contributed by atoms with Gasteiger partial charge in [-0.2, -0.15) is 0 Å². The molecule has 1 aromatic carbocycles. The van der Waals surface area contributed by atoms with Gasteiger partial charge in [-0.1, -0.05) is 42.5 Å². The van der Waals surface area contributed by atoms with Crippen LogP contribution in [0.2, 0.25) is 0 Å². The van der Waals surface area contributed by atoms with Gasteiger partial charge in [0.25, 0.3) is 5.91 Å². The lowest BCUT2D eigenvalue weighted by atomic mass is 9.95. The summed E-state index contributed by atoms with van der Waals surface area (Å²) in [6.07, 6.45) is 6.68. The molecule has 0 saturated heterocycles. The van der Waals surface area contributed by atoms with Gasteiger partial charge in [0.15, 0.2) is 12.4 Å². The molecule has 1 N–H and O–H groups in total. The van der Waals surface area contributed by atoms with Gasteiger partial charge in [-0.25, -0.2) is 0 Å². The summed E-state index contributed by atoms with van der Waals surface area (Å²) in [6.45, 7) is 1.09. The molecule has 0 radical (unpaired) electrons. The van der Waals surface area contributed by atoms with E-state index in [9.17, 15) is 14.4 Å². The van der Waals surface area contributed by atoms with Gasteiger partial charge in [0.2, 0.25) is 0 Å². The second-order valence-corrected chi connectivity index (χ2v) is 6.01. The van der Waals surface area contributed by atoms with Gasteiger partial charge in [0.05, 0.1) is 12.0 Å². The van der Waals surface area contributed by atoms with Crippen LogP contribution in [-0.4, -0.2) is 30.3 Å². The number of amides is 1. The summed E-state index contributed by atoms with van der Waals surface area (Å²) in [5, 5.41) is 2.64. The average molecular weight is 329 g/mol. The molecule has 1 aliphatic carbocycles. The van der Waals surface area contributed by atoms with E-state index in [-0.39, 0.29) is 24.3 Å². The smallest absolute Gasteiger partial charge is 0.309 e. The van der Waals surface area contributed by atoms with Gasteiger partial charge in [-0.05, 0) is 38.2 Å². The number of ether oxygens (including phenoxy) is 1. The van der Waals surface area contributed by atoms with E-state index in [1.807, 2.05) is 42.5 Å². The van der Waals surface area contributed by atoms with Crippen molar-refractivity contribution in [2.75, 3.05) is 6.61 Å². The molecule has 0 saturated carbocycles. The normalized spacial score (nSPS) is 17.8. The highest BCUT2D eigenvalue weighted by molar-refractivity contribution is 5.89. The molecular formula is C19H23NO4. The van der Waals surface area contributed by atoms with Gasteiger partial charge >= 0.3 is 5.97 Å². The predicted octanol–water partition coefficient (Wildman–Crippen LogP) is 2.20. The summed E-state index contributed by atoms with van der Waals surface area (Å²) >= 11 is 0. The van der Waals surface area contributed by atoms with Gasteiger partial charge in [-0.3, -0.25) is 14.4 Å². The third kappa shape index (κ3) is 5.65. The van der Waals surface area contributed by atoms with Crippen LogP contribution in [0.4, 0.5) is 0 Å². The lowest BCUT2D eigenvalue weighted by Crippen LogP contribution is -2.43. The molecule has 0 fully saturated rings. The van der Waals surface area contributed by atoms with E-state index < -0.39 is 11.9 Å². The van der Waals surface area contributed by atoms with Crippen molar-refractivity contribution in [2.45, 2.75) is 38.6 Å². The first-order valence-corrected chi connectivity index (χ1v) is 8.21. The Kier molecular flexibility index (Phi) is 6.73. The van der Waals surface area contributed by atoms with Crippen LogP contribution in [0.15, 0.2) is 42.5 Å². The molecular weight excluding hydrogens is 306 g/mol. The van der Waals surface area contributed by atoms with E-state index in [1.54, 1.807) is 0 Å². The van der Waals surface area contributed by atoms with Crippen LogP contribution in [0.5, 0.6) is 0 Å². The fraction of sp³-hybridized carbons (Fsp3) is 0.421. The van der Waals surface area contributed by atoms with E-state index in [4.69, 9.17) is 4.74 Å². The Labute approximate surface area is 142 Å². The third-order valence-corrected chi connectivity index (χ3v) is 4.06. The molecule has 1 aromatic rings. The number of rotatable bonds is 7. The van der Waals surface area contributed by atoms with E-state index >= 15 is 0 Å². The molecule has 0 aromatic heterocycles. The maximum absolute atomic E-state index is 12.0. The number of benzene rings is 1. The standard InChI is InChI=1S/C19H23NO4/c1-14(21)17(12-15-8-4-2-5-9-15)20-18(22)13-24-19(23)16-10-6-3-7-11-16/h2-6,8-9,16-17H,7,10-13H2,1H3,(H,20,22)/t16-,17+/m1/s1. The number of Topliss-reactive ketones (excluding diaryl/α,β-unsaturated/α-hetero) is 1. The van der Waals surface area contributed by atoms with Crippen molar-refractivity contribution in [2.24, 2.45) is 5.92 Å². The zero-order valence-corrected chi connectivity index (χ0v) is 13.9. The Balaban J connectivity index is 1.81. The van der Waals surface area contributed by atoms with Crippen LogP contribution in [0.25, 0.3) is 0 Å². The molecule has 5 heteroatoms. The van der Waals surface area contributed by atoms with Crippen molar-refractivity contribution in [3.8, 4) is 0 Å². The van der Waals surface area contributed by atoms with Crippen LogP contribution in [0, 0.1) is 5.92 Å². The Morgan fingerprint density at radius 1 is 1.21 bits per heavy atom. The van der Waals surface area contributed by atoms with E-state index in [0.717, 1.165) is 18.4 Å². The summed E-state index contributed by atoms with van der Waals surface area (Å²) < 4.78 is 5.08. The zero-order valence-electron chi connectivity index (χ0n) is 13.9. The quantitative estimate of drug-likeness (QED) is 0.615. The highest BCUT2D eigenvalue weighted by Gasteiger charge is 2.22. The predicted molar refractivity (Wildman–Crippen MR) is 90.2 cm³/mol. The molecule has 0 bridgehead atoms. The SMILES string of the molecule is CC(=O)[C@H](Cc1ccccc1)NC(=O)COC(=O)[C@@H]1CC=CCC1. The first-order chi connectivity index (χ1) is 11.6. The number of hydrogen-bond donors (Lipinski definition) is 1. The fourth-order valence-corrected chi connectivity index (χ4v) is 2.64. The Hall–Kier alpha value is -2.43. The minimum absolute atomic E-state index is 0.129. The Morgan fingerprint density at radius 2 is 1.96 bits per heavy atom. The second kappa shape index (κ2) is 9.01. The minimum atomic E-state index is -0.615. The lowest BCUT2D eigenvalue weighted by Gasteiger charge is -2.18. The van der Waals surface area contributed by atoms with Crippen LogP contribution >= 0.6 is 0 Å². The number of carbonyl (C=O) groups is 3. The fourth-order valence-electron chi connectivity index (χ4n) is 2.64. The molecule has 0 spiro atoms. The van der Waals surface area contributed by atoms with Crippen LogP contribution in [-0.2, 0) is 25.5 Å². The number of allylic oxidation sites excluding steroid dienone is 2. The molecule has 0 heterocycles. The topological polar surface area (TPSA) is 72.5 Å². The van der Waals surface area contributed by atoms with Gasteiger partial charge in [0.1, 0.15) is 0 Å². The Morgan fingerprint density at radius 3 is 2.58 bits per heavy atom. The average Bonchev–Trinajstić information content (AvgIpc) is 2.60. The largest absolute Gasteiger partial charge is 0.455 e. The first-order valence-electron chi connectivity index (χ1n) is 8.21. The van der Waals surface area contributed by atoms with E-state index in [1.165, 1.54) is 6.92 Å². The molecule has 1 amide bonds. The monoisotopic (exact) mass is 329 g/mol. The van der Waals surface area contributed by atoms with Crippen molar-refractivity contribution >= 4 is 17.7 Å². The number of hydrogen-bond acceptors (Lipinski definition) is 4. The van der Waals surface area contributed by atoms with Crippen LogP contribution in [0.1, 0.15) is 31.7 Å². The minimum Gasteiger partial charge on any atom is -0.455 e. The highest BCUT2D eigenvalue weighted by Crippen LogP contribution is 2.19. The maximum Gasteiger partial charge on any atom is 0.309 e. The molecule has 0 aliphatic heterocycles. The maximum atomic E-state index is 12.0. The summed E-state index contributed by atoms with van der Waals surface area (Å²) in [6, 6.07) is 8.85. The molecule has 128 valence electrons. The summed E-state index contributed by atoms with van der Waals surface area (Å²) in [4.78, 5) is 35.6. The van der Waals surface area contributed by atoms with Gasteiger partial charge in [-0.15, -0.1) is 0 Å². The van der Waals surface area contributed by atoms with Gasteiger partial charge < -0.3 is 10.1 Å². The van der Waals surface area contributed by atoms with E-state index in [0.29, 0.717) is 12.8 Å². The molecule has 2 atom stereocenters. The number of ketones is 1. The molecule has 5 nitrogen and oxygen atoms in total. The number of nitrogens with one attached hydrogen (secondary N) is 1. The van der Waals surface area contributed by atoms with Crippen LogP contribution in [0.3, 0.4) is 0 Å². The van der Waals surface area contributed by atoms with Crippen molar-refractivity contribution < 1.29 is 19.1 Å². The first kappa shape index (κ1) is 17.9. The summed E-state index contributed by atoms with van der Waals surface area (Å²) in [7, 11) is 0.